The van der Waals surface area contributed by atoms with Crippen LogP contribution in [0.2, 0.25) is 0 Å². The van der Waals surface area contributed by atoms with E-state index in [9.17, 15) is 5.11 Å². The number of morpholine rings is 1. The number of ether oxygens (including phenoxy) is 1. The summed E-state index contributed by atoms with van der Waals surface area (Å²) in [4.78, 5) is 2.38. The van der Waals surface area contributed by atoms with Crippen LogP contribution in [0.1, 0.15) is 12.8 Å². The molecule has 3 rings (SSSR count). The van der Waals surface area contributed by atoms with Gasteiger partial charge in [-0.3, -0.25) is 4.90 Å². The first kappa shape index (κ1) is 6.40. The average Bonchev–Trinajstić information content (AvgIpc) is 2.66. The van der Waals surface area contributed by atoms with Crippen molar-refractivity contribution >= 4 is 0 Å². The Morgan fingerprint density at radius 1 is 1.27 bits per heavy atom. The highest BCUT2D eigenvalue weighted by Crippen LogP contribution is 2.47. The number of hydrogen-bond acceptors (Lipinski definition) is 3. The summed E-state index contributed by atoms with van der Waals surface area (Å²) < 4.78 is 5.49. The maximum absolute atomic E-state index is 9.46. The van der Waals surface area contributed by atoms with Crippen molar-refractivity contribution in [3.05, 3.63) is 0 Å². The highest BCUT2D eigenvalue weighted by atomic mass is 16.6. The Kier molecular flexibility index (Phi) is 1.04. The van der Waals surface area contributed by atoms with Crippen molar-refractivity contribution in [2.45, 2.75) is 43.2 Å². The number of piperidine rings is 1. The van der Waals surface area contributed by atoms with E-state index < -0.39 is 0 Å². The molecule has 0 spiro atoms. The van der Waals surface area contributed by atoms with Gasteiger partial charge in [0.1, 0.15) is 12.2 Å². The largest absolute Gasteiger partial charge is 0.393 e. The van der Waals surface area contributed by atoms with E-state index in [1.54, 1.807) is 0 Å². The molecule has 0 aromatic rings. The topological polar surface area (TPSA) is 36.0 Å². The molecule has 0 saturated carbocycles. The first-order valence-corrected chi connectivity index (χ1v) is 4.33. The van der Waals surface area contributed by atoms with E-state index in [1.807, 2.05) is 0 Å². The number of likely N-dealkylation sites (N-methyl/N-ethyl adjacent to an activating group) is 1. The lowest BCUT2D eigenvalue weighted by molar-refractivity contribution is 0.00149. The van der Waals surface area contributed by atoms with Gasteiger partial charge in [0.2, 0.25) is 0 Å². The zero-order chi connectivity index (χ0) is 7.59. The van der Waals surface area contributed by atoms with Crippen LogP contribution in [0.3, 0.4) is 0 Å². The van der Waals surface area contributed by atoms with Crippen molar-refractivity contribution in [1.29, 1.82) is 0 Å². The van der Waals surface area contributed by atoms with E-state index in [2.05, 4.69) is 11.9 Å². The average molecular weight is 155 g/mol. The number of epoxide rings is 1. The first-order chi connectivity index (χ1) is 5.27. The lowest BCUT2D eigenvalue weighted by Gasteiger charge is -2.36. The van der Waals surface area contributed by atoms with Crippen LogP contribution in [0.15, 0.2) is 0 Å². The first-order valence-electron chi connectivity index (χ1n) is 4.33. The molecular formula is C8H13NO2. The normalized spacial score (nSPS) is 61.1. The molecule has 2 bridgehead atoms. The maximum Gasteiger partial charge on any atom is 0.101 e. The molecule has 1 N–H and O–H groups in total. The Bertz CT molecular complexity index is 179. The third-order valence-electron chi connectivity index (χ3n) is 3.39. The molecule has 3 saturated heterocycles. The smallest absolute Gasteiger partial charge is 0.101 e. The zero-order valence-electron chi connectivity index (χ0n) is 6.60. The summed E-state index contributed by atoms with van der Waals surface area (Å²) in [6.45, 7) is 0. The Balaban J connectivity index is 1.90. The molecule has 0 radical (unpaired) electrons. The van der Waals surface area contributed by atoms with E-state index in [1.165, 1.54) is 0 Å². The fourth-order valence-electron chi connectivity index (χ4n) is 2.72. The zero-order valence-corrected chi connectivity index (χ0v) is 6.60. The molecule has 3 nitrogen and oxygen atoms in total. The van der Waals surface area contributed by atoms with Crippen LogP contribution in [0.5, 0.6) is 0 Å². The summed E-state index contributed by atoms with van der Waals surface area (Å²) in [5.74, 6) is 0. The number of rotatable bonds is 0. The minimum Gasteiger partial charge on any atom is -0.393 e. The fraction of sp³-hybridized carbons (Fsp3) is 1.00. The summed E-state index contributed by atoms with van der Waals surface area (Å²) in [5.41, 5.74) is 0. The summed E-state index contributed by atoms with van der Waals surface area (Å²) >= 11 is 0. The molecule has 3 fully saturated rings. The molecule has 3 heterocycles. The minimum absolute atomic E-state index is 0.0717. The second-order valence-corrected chi connectivity index (χ2v) is 3.99. The highest BCUT2D eigenvalue weighted by Gasteiger charge is 2.62. The fourth-order valence-corrected chi connectivity index (χ4v) is 2.72. The van der Waals surface area contributed by atoms with Crippen molar-refractivity contribution in [2.75, 3.05) is 7.05 Å². The molecule has 3 heteroatoms. The maximum atomic E-state index is 9.46. The van der Waals surface area contributed by atoms with Crippen LogP contribution in [-0.2, 0) is 4.74 Å². The molecule has 0 unspecified atom stereocenters. The molecule has 0 amide bonds. The number of fused-ring (bicyclic) bond motifs is 5. The van der Waals surface area contributed by atoms with E-state index in [-0.39, 0.29) is 6.10 Å². The number of nitrogens with zero attached hydrogens (tertiary/aromatic N) is 1. The lowest BCUT2D eigenvalue weighted by atomic mass is 10.00. The summed E-state index contributed by atoms with van der Waals surface area (Å²) in [5, 5.41) is 9.46. The van der Waals surface area contributed by atoms with Crippen LogP contribution in [-0.4, -0.2) is 47.4 Å². The number of aliphatic hydroxyl groups is 1. The predicted octanol–water partition coefficient (Wildman–Crippen LogP) is -0.409. The van der Waals surface area contributed by atoms with Crippen LogP contribution >= 0.6 is 0 Å². The summed E-state index contributed by atoms with van der Waals surface area (Å²) in [7, 11) is 2.15. The third kappa shape index (κ3) is 0.687. The molecule has 0 aromatic heterocycles. The predicted molar refractivity (Wildman–Crippen MR) is 39.2 cm³/mol. The number of aliphatic hydroxyl groups excluding tert-OH is 1. The van der Waals surface area contributed by atoms with Gasteiger partial charge in [0.05, 0.1) is 6.10 Å². The number of hydrogen-bond donors (Lipinski definition) is 1. The Labute approximate surface area is 65.9 Å². The van der Waals surface area contributed by atoms with E-state index in [4.69, 9.17) is 4.74 Å². The van der Waals surface area contributed by atoms with Gasteiger partial charge in [-0.15, -0.1) is 0 Å². The molecule has 0 aromatic carbocycles. The van der Waals surface area contributed by atoms with E-state index in [0.717, 1.165) is 12.8 Å². The van der Waals surface area contributed by atoms with Crippen LogP contribution < -0.4 is 0 Å². The summed E-state index contributed by atoms with van der Waals surface area (Å²) in [6.07, 6.45) is 2.67. The van der Waals surface area contributed by atoms with Gasteiger partial charge in [-0.25, -0.2) is 0 Å². The SMILES string of the molecule is CN1[C@H]2CC(O)C[C@H]1[C@@H]1O[C@H]12. The molecule has 0 aliphatic carbocycles. The second kappa shape index (κ2) is 1.79. The second-order valence-electron chi connectivity index (χ2n) is 3.99. The van der Waals surface area contributed by atoms with Crippen LogP contribution in [0, 0.1) is 0 Å². The standard InChI is InChI=1S/C8H13NO2/c1-9-5-2-4(10)3-6(9)8-7(5)11-8/h4-8,10H,2-3H2,1H3/t5-,6-,7-,8-/m0/s1. The Morgan fingerprint density at radius 3 is 2.36 bits per heavy atom. The van der Waals surface area contributed by atoms with Crippen LogP contribution in [0.4, 0.5) is 0 Å². The molecule has 3 aliphatic heterocycles. The van der Waals surface area contributed by atoms with Crippen molar-refractivity contribution in [3.8, 4) is 0 Å². The van der Waals surface area contributed by atoms with E-state index in [0.29, 0.717) is 24.3 Å². The third-order valence-corrected chi connectivity index (χ3v) is 3.39. The van der Waals surface area contributed by atoms with Gasteiger partial charge >= 0.3 is 0 Å². The van der Waals surface area contributed by atoms with Crippen molar-refractivity contribution < 1.29 is 9.84 Å². The van der Waals surface area contributed by atoms with Gasteiger partial charge < -0.3 is 9.84 Å². The lowest BCUT2D eigenvalue weighted by Crippen LogP contribution is -2.46. The quantitative estimate of drug-likeness (QED) is 0.483. The molecule has 4 atom stereocenters. The monoisotopic (exact) mass is 155 g/mol. The summed E-state index contributed by atoms with van der Waals surface area (Å²) in [6, 6.07) is 1.02. The van der Waals surface area contributed by atoms with Crippen molar-refractivity contribution in [2.24, 2.45) is 0 Å². The van der Waals surface area contributed by atoms with Gasteiger partial charge in [-0.1, -0.05) is 0 Å². The minimum atomic E-state index is -0.0717. The van der Waals surface area contributed by atoms with Crippen LogP contribution in [0.25, 0.3) is 0 Å². The van der Waals surface area contributed by atoms with Gasteiger partial charge in [-0.05, 0) is 19.9 Å². The molecule has 11 heavy (non-hydrogen) atoms. The highest BCUT2D eigenvalue weighted by molar-refractivity contribution is 5.13. The molecule has 62 valence electrons. The van der Waals surface area contributed by atoms with Crippen molar-refractivity contribution in [3.63, 3.8) is 0 Å². The van der Waals surface area contributed by atoms with Gasteiger partial charge in [-0.2, -0.15) is 0 Å². The Morgan fingerprint density at radius 2 is 1.82 bits per heavy atom. The van der Waals surface area contributed by atoms with Crippen molar-refractivity contribution in [1.82, 2.24) is 4.90 Å². The Hall–Kier alpha value is -0.120. The molecular weight excluding hydrogens is 142 g/mol. The van der Waals surface area contributed by atoms with Gasteiger partial charge in [0.25, 0.3) is 0 Å². The van der Waals surface area contributed by atoms with Gasteiger partial charge in [0.15, 0.2) is 0 Å². The van der Waals surface area contributed by atoms with E-state index >= 15 is 0 Å². The van der Waals surface area contributed by atoms with Gasteiger partial charge in [0, 0.05) is 12.1 Å². The molecule has 3 aliphatic rings.